The Morgan fingerprint density at radius 2 is 2.00 bits per heavy atom. The van der Waals surface area contributed by atoms with Crippen molar-refractivity contribution in [2.75, 3.05) is 5.43 Å². The molecule has 0 saturated carbocycles. The van der Waals surface area contributed by atoms with Crippen LogP contribution in [0, 0.1) is 0 Å². The predicted molar refractivity (Wildman–Crippen MR) is 58.8 cm³/mol. The summed E-state index contributed by atoms with van der Waals surface area (Å²) in [5.41, 5.74) is 4.49. The van der Waals surface area contributed by atoms with E-state index in [-0.39, 0.29) is 24.2 Å². The van der Waals surface area contributed by atoms with E-state index in [1.807, 2.05) is 0 Å². The maximum atomic E-state index is 11.2. The van der Waals surface area contributed by atoms with Crippen LogP contribution in [0.3, 0.4) is 0 Å². The van der Waals surface area contributed by atoms with Gasteiger partial charge in [0.15, 0.2) is 5.82 Å². The van der Waals surface area contributed by atoms with Crippen molar-refractivity contribution in [3.63, 3.8) is 0 Å². The molecule has 9 nitrogen and oxygen atoms in total. The number of aryl methyl sites for hydroxylation is 1. The van der Waals surface area contributed by atoms with Gasteiger partial charge in [0, 0.05) is 13.5 Å². The van der Waals surface area contributed by atoms with Crippen LogP contribution in [0.2, 0.25) is 0 Å². The maximum absolute atomic E-state index is 11.2. The first-order valence-corrected chi connectivity index (χ1v) is 4.93. The highest BCUT2D eigenvalue weighted by atomic mass is 16.4. The monoisotopic (exact) mass is 256 g/mol. The van der Waals surface area contributed by atoms with Crippen molar-refractivity contribution in [1.29, 1.82) is 0 Å². The number of hydrazine groups is 1. The van der Waals surface area contributed by atoms with E-state index >= 15 is 0 Å². The molecule has 0 unspecified atom stereocenters. The average molecular weight is 256 g/mol. The van der Waals surface area contributed by atoms with Gasteiger partial charge in [0.05, 0.1) is 12.6 Å². The molecule has 1 aromatic rings. The third-order valence-electron chi connectivity index (χ3n) is 2.06. The van der Waals surface area contributed by atoms with Crippen LogP contribution >= 0.6 is 0 Å². The Labute approximate surface area is 101 Å². The van der Waals surface area contributed by atoms with Gasteiger partial charge in [-0.25, -0.2) is 4.79 Å². The SMILES string of the molecule is Cn1ncc(C(=O)O)c1NNC(=O)CCC(=O)O. The van der Waals surface area contributed by atoms with Crippen molar-refractivity contribution in [2.45, 2.75) is 12.8 Å². The largest absolute Gasteiger partial charge is 0.481 e. The van der Waals surface area contributed by atoms with E-state index in [0.717, 1.165) is 6.20 Å². The van der Waals surface area contributed by atoms with E-state index in [4.69, 9.17) is 10.2 Å². The Morgan fingerprint density at radius 3 is 2.56 bits per heavy atom. The van der Waals surface area contributed by atoms with Crippen molar-refractivity contribution >= 4 is 23.7 Å². The maximum Gasteiger partial charge on any atom is 0.341 e. The van der Waals surface area contributed by atoms with Gasteiger partial charge in [0.2, 0.25) is 5.91 Å². The minimum absolute atomic E-state index is 0.101. The Morgan fingerprint density at radius 1 is 1.33 bits per heavy atom. The molecule has 0 aliphatic carbocycles. The summed E-state index contributed by atoms with van der Waals surface area (Å²) in [6, 6.07) is 0. The summed E-state index contributed by atoms with van der Waals surface area (Å²) in [5, 5.41) is 20.9. The molecule has 0 aromatic carbocycles. The first-order chi connectivity index (χ1) is 8.41. The van der Waals surface area contributed by atoms with E-state index < -0.39 is 17.8 Å². The Bertz CT molecular complexity index is 481. The first kappa shape index (κ1) is 13.5. The summed E-state index contributed by atoms with van der Waals surface area (Å²) in [4.78, 5) is 32.3. The number of hydrogen-bond donors (Lipinski definition) is 4. The number of carbonyl (C=O) groups excluding carboxylic acids is 1. The average Bonchev–Trinajstić information content (AvgIpc) is 2.65. The number of aliphatic carboxylic acids is 1. The standard InChI is InChI=1S/C9H12N4O5/c1-13-8(5(4-10-13)9(17)18)12-11-6(14)2-3-7(15)16/h4,12H,2-3H2,1H3,(H,11,14)(H,15,16)(H,17,18). The van der Waals surface area contributed by atoms with Crippen LogP contribution in [0.15, 0.2) is 6.20 Å². The van der Waals surface area contributed by atoms with E-state index in [0.29, 0.717) is 0 Å². The summed E-state index contributed by atoms with van der Waals surface area (Å²) in [6.45, 7) is 0. The molecular formula is C9H12N4O5. The molecule has 98 valence electrons. The second-order valence-corrected chi connectivity index (χ2v) is 3.40. The molecule has 0 saturated heterocycles. The number of hydrogen-bond acceptors (Lipinski definition) is 5. The van der Waals surface area contributed by atoms with Gasteiger partial charge in [-0.05, 0) is 0 Å². The van der Waals surface area contributed by atoms with Crippen molar-refractivity contribution in [1.82, 2.24) is 15.2 Å². The molecular weight excluding hydrogens is 244 g/mol. The third kappa shape index (κ3) is 3.47. The fraction of sp³-hybridized carbons (Fsp3) is 0.333. The Balaban J connectivity index is 2.58. The lowest BCUT2D eigenvalue weighted by molar-refractivity contribution is -0.138. The molecule has 0 atom stereocenters. The normalized spacial score (nSPS) is 9.83. The lowest BCUT2D eigenvalue weighted by Crippen LogP contribution is -2.31. The molecule has 1 heterocycles. The van der Waals surface area contributed by atoms with E-state index in [1.54, 1.807) is 0 Å². The van der Waals surface area contributed by atoms with Crippen molar-refractivity contribution in [2.24, 2.45) is 7.05 Å². The molecule has 4 N–H and O–H groups in total. The quantitative estimate of drug-likeness (QED) is 0.500. The van der Waals surface area contributed by atoms with E-state index in [9.17, 15) is 14.4 Å². The van der Waals surface area contributed by atoms with Crippen LogP contribution < -0.4 is 10.9 Å². The minimum atomic E-state index is -1.19. The minimum Gasteiger partial charge on any atom is -0.481 e. The first-order valence-electron chi connectivity index (χ1n) is 4.93. The zero-order chi connectivity index (χ0) is 13.7. The Hall–Kier alpha value is -2.58. The number of carboxylic acid groups (broad SMARTS) is 2. The van der Waals surface area contributed by atoms with Gasteiger partial charge in [-0.1, -0.05) is 0 Å². The summed E-state index contributed by atoms with van der Waals surface area (Å²) in [6.07, 6.45) is 0.626. The molecule has 1 rings (SSSR count). The highest BCUT2D eigenvalue weighted by Gasteiger charge is 2.15. The van der Waals surface area contributed by atoms with Gasteiger partial charge in [0.1, 0.15) is 5.56 Å². The van der Waals surface area contributed by atoms with Gasteiger partial charge < -0.3 is 10.2 Å². The molecule has 0 aliphatic heterocycles. The van der Waals surface area contributed by atoms with Crippen LogP contribution in [0.25, 0.3) is 0 Å². The number of carbonyl (C=O) groups is 3. The third-order valence-corrected chi connectivity index (χ3v) is 2.06. The summed E-state index contributed by atoms with van der Waals surface area (Å²) in [7, 11) is 1.50. The highest BCUT2D eigenvalue weighted by Crippen LogP contribution is 2.12. The lowest BCUT2D eigenvalue weighted by atomic mass is 10.3. The van der Waals surface area contributed by atoms with Crippen molar-refractivity contribution in [3.8, 4) is 0 Å². The smallest absolute Gasteiger partial charge is 0.341 e. The van der Waals surface area contributed by atoms with Crippen LogP contribution in [-0.4, -0.2) is 37.8 Å². The molecule has 0 bridgehead atoms. The van der Waals surface area contributed by atoms with Gasteiger partial charge in [-0.2, -0.15) is 5.10 Å². The van der Waals surface area contributed by atoms with Gasteiger partial charge in [0.25, 0.3) is 0 Å². The van der Waals surface area contributed by atoms with Crippen LogP contribution in [-0.2, 0) is 16.6 Å². The van der Waals surface area contributed by atoms with Crippen molar-refractivity contribution < 1.29 is 24.6 Å². The summed E-state index contributed by atoms with van der Waals surface area (Å²) in [5.74, 6) is -2.73. The fourth-order valence-corrected chi connectivity index (χ4v) is 1.15. The summed E-state index contributed by atoms with van der Waals surface area (Å²) >= 11 is 0. The van der Waals surface area contributed by atoms with Gasteiger partial charge in [-0.15, -0.1) is 0 Å². The molecule has 18 heavy (non-hydrogen) atoms. The topological polar surface area (TPSA) is 134 Å². The zero-order valence-corrected chi connectivity index (χ0v) is 9.51. The van der Waals surface area contributed by atoms with Crippen LogP contribution in [0.4, 0.5) is 5.82 Å². The van der Waals surface area contributed by atoms with Gasteiger partial charge >= 0.3 is 11.9 Å². The van der Waals surface area contributed by atoms with Crippen molar-refractivity contribution in [3.05, 3.63) is 11.8 Å². The number of anilines is 1. The number of carboxylic acids is 2. The number of rotatable bonds is 6. The lowest BCUT2D eigenvalue weighted by Gasteiger charge is -2.08. The summed E-state index contributed by atoms with van der Waals surface area (Å²) < 4.78 is 1.24. The highest BCUT2D eigenvalue weighted by molar-refractivity contribution is 5.93. The molecule has 9 heteroatoms. The van der Waals surface area contributed by atoms with Crippen LogP contribution in [0.5, 0.6) is 0 Å². The molecule has 0 spiro atoms. The molecule has 0 radical (unpaired) electrons. The number of aromatic nitrogens is 2. The van der Waals surface area contributed by atoms with E-state index in [1.165, 1.54) is 11.7 Å². The number of nitrogens with one attached hydrogen (secondary N) is 2. The molecule has 1 amide bonds. The number of aromatic carboxylic acids is 1. The van der Waals surface area contributed by atoms with E-state index in [2.05, 4.69) is 16.0 Å². The fourth-order valence-electron chi connectivity index (χ4n) is 1.15. The Kier molecular flexibility index (Phi) is 4.24. The van der Waals surface area contributed by atoms with Gasteiger partial charge in [-0.3, -0.25) is 25.1 Å². The molecule has 1 aromatic heterocycles. The second-order valence-electron chi connectivity index (χ2n) is 3.40. The zero-order valence-electron chi connectivity index (χ0n) is 9.51. The number of amides is 1. The molecule has 0 fully saturated rings. The van der Waals surface area contributed by atoms with Crippen LogP contribution in [0.1, 0.15) is 23.2 Å². The number of nitrogens with zero attached hydrogens (tertiary/aromatic N) is 2. The molecule has 0 aliphatic rings. The predicted octanol–water partition coefficient (Wildman–Crippen LogP) is -0.574. The second kappa shape index (κ2) is 5.66.